The summed E-state index contributed by atoms with van der Waals surface area (Å²) in [6, 6.07) is 12.6. The standard InChI is InChI=1S/C19H22FN3O2/c1-14-5-7-15(8-6-14)11-21-18(24)13-23-10-9-16(12-23)25-19-4-2-3-17(20)22-19/h2-8,16H,9-13H2,1H3,(H,21,24). The van der Waals surface area contributed by atoms with Crippen LogP contribution in [-0.4, -0.2) is 41.5 Å². The lowest BCUT2D eigenvalue weighted by molar-refractivity contribution is -0.122. The number of pyridine rings is 1. The van der Waals surface area contributed by atoms with Gasteiger partial charge in [-0.05, 0) is 25.0 Å². The van der Waals surface area contributed by atoms with Crippen molar-refractivity contribution in [2.75, 3.05) is 19.6 Å². The van der Waals surface area contributed by atoms with Crippen LogP contribution < -0.4 is 10.1 Å². The molecule has 1 atom stereocenters. The summed E-state index contributed by atoms with van der Waals surface area (Å²) in [5.74, 6) is -0.274. The van der Waals surface area contributed by atoms with Crippen molar-refractivity contribution >= 4 is 5.91 Å². The van der Waals surface area contributed by atoms with Gasteiger partial charge in [0.15, 0.2) is 0 Å². The molecule has 2 heterocycles. The topological polar surface area (TPSA) is 54.5 Å². The van der Waals surface area contributed by atoms with Crippen LogP contribution in [0.15, 0.2) is 42.5 Å². The number of likely N-dealkylation sites (tertiary alicyclic amines) is 1. The second-order valence-corrected chi connectivity index (χ2v) is 6.32. The van der Waals surface area contributed by atoms with Gasteiger partial charge in [-0.2, -0.15) is 9.37 Å². The third kappa shape index (κ3) is 5.26. The molecule has 1 unspecified atom stereocenters. The zero-order chi connectivity index (χ0) is 17.6. The summed E-state index contributed by atoms with van der Waals surface area (Å²) < 4.78 is 18.8. The Labute approximate surface area is 146 Å². The van der Waals surface area contributed by atoms with E-state index in [9.17, 15) is 9.18 Å². The van der Waals surface area contributed by atoms with E-state index in [2.05, 4.69) is 10.3 Å². The molecule has 1 aliphatic rings. The van der Waals surface area contributed by atoms with E-state index in [1.165, 1.54) is 11.6 Å². The second kappa shape index (κ2) is 8.07. The van der Waals surface area contributed by atoms with Crippen molar-refractivity contribution < 1.29 is 13.9 Å². The largest absolute Gasteiger partial charge is 0.473 e. The highest BCUT2D eigenvalue weighted by Gasteiger charge is 2.25. The highest BCUT2D eigenvalue weighted by molar-refractivity contribution is 5.78. The molecule has 1 N–H and O–H groups in total. The number of carbonyl (C=O) groups excluding carboxylic acids is 1. The Morgan fingerprint density at radius 1 is 1.32 bits per heavy atom. The molecule has 3 rings (SSSR count). The maximum Gasteiger partial charge on any atom is 0.234 e. The molecule has 6 heteroatoms. The van der Waals surface area contributed by atoms with Crippen molar-refractivity contribution in [3.8, 4) is 5.88 Å². The monoisotopic (exact) mass is 343 g/mol. The van der Waals surface area contributed by atoms with E-state index in [-0.39, 0.29) is 17.9 Å². The number of rotatable bonds is 6. The zero-order valence-electron chi connectivity index (χ0n) is 14.2. The predicted octanol–water partition coefficient (Wildman–Crippen LogP) is 2.30. The summed E-state index contributed by atoms with van der Waals surface area (Å²) in [5, 5.41) is 2.93. The first kappa shape index (κ1) is 17.4. The van der Waals surface area contributed by atoms with Gasteiger partial charge in [0.05, 0.1) is 6.54 Å². The second-order valence-electron chi connectivity index (χ2n) is 6.32. The third-order valence-electron chi connectivity index (χ3n) is 4.18. The summed E-state index contributed by atoms with van der Waals surface area (Å²) in [5.41, 5.74) is 2.28. The molecule has 0 radical (unpaired) electrons. The minimum Gasteiger partial charge on any atom is -0.473 e. The fourth-order valence-electron chi connectivity index (χ4n) is 2.83. The van der Waals surface area contributed by atoms with E-state index in [1.807, 2.05) is 36.1 Å². The molecule has 0 bridgehead atoms. The molecule has 0 saturated carbocycles. The summed E-state index contributed by atoms with van der Waals surface area (Å²) in [7, 11) is 0. The van der Waals surface area contributed by atoms with Gasteiger partial charge in [-0.1, -0.05) is 35.9 Å². The van der Waals surface area contributed by atoms with Crippen LogP contribution in [0.2, 0.25) is 0 Å². The normalized spacial score (nSPS) is 17.4. The number of hydrogen-bond acceptors (Lipinski definition) is 4. The molecule has 1 saturated heterocycles. The predicted molar refractivity (Wildman–Crippen MR) is 92.7 cm³/mol. The van der Waals surface area contributed by atoms with Crippen molar-refractivity contribution in [1.82, 2.24) is 15.2 Å². The Morgan fingerprint density at radius 3 is 2.88 bits per heavy atom. The van der Waals surface area contributed by atoms with Crippen LogP contribution in [0, 0.1) is 12.9 Å². The number of nitrogens with zero attached hydrogens (tertiary/aromatic N) is 2. The summed E-state index contributed by atoms with van der Waals surface area (Å²) in [6.45, 7) is 4.31. The molecule has 25 heavy (non-hydrogen) atoms. The molecule has 1 aromatic carbocycles. The molecular formula is C19H22FN3O2. The Morgan fingerprint density at radius 2 is 2.12 bits per heavy atom. The highest BCUT2D eigenvalue weighted by atomic mass is 19.1. The first-order valence-corrected chi connectivity index (χ1v) is 8.42. The first-order chi connectivity index (χ1) is 12.1. The molecule has 1 amide bonds. The van der Waals surface area contributed by atoms with Crippen molar-refractivity contribution in [3.63, 3.8) is 0 Å². The van der Waals surface area contributed by atoms with Crippen molar-refractivity contribution in [2.45, 2.75) is 26.0 Å². The number of aromatic nitrogens is 1. The zero-order valence-corrected chi connectivity index (χ0v) is 14.2. The summed E-state index contributed by atoms with van der Waals surface area (Å²) in [6.07, 6.45) is 0.725. The lowest BCUT2D eigenvalue weighted by Crippen LogP contribution is -2.36. The highest BCUT2D eigenvalue weighted by Crippen LogP contribution is 2.16. The van der Waals surface area contributed by atoms with Gasteiger partial charge in [-0.25, -0.2) is 0 Å². The minimum atomic E-state index is -0.553. The van der Waals surface area contributed by atoms with Gasteiger partial charge in [-0.3, -0.25) is 9.69 Å². The number of benzene rings is 1. The molecule has 2 aromatic rings. The molecule has 0 spiro atoms. The maximum absolute atomic E-state index is 13.1. The van der Waals surface area contributed by atoms with Gasteiger partial charge in [0, 0.05) is 25.7 Å². The van der Waals surface area contributed by atoms with Gasteiger partial charge in [0.2, 0.25) is 17.7 Å². The van der Waals surface area contributed by atoms with E-state index in [0.29, 0.717) is 19.6 Å². The minimum absolute atomic E-state index is 0.00916. The summed E-state index contributed by atoms with van der Waals surface area (Å²) in [4.78, 5) is 17.8. The van der Waals surface area contributed by atoms with Crippen LogP contribution >= 0.6 is 0 Å². The van der Waals surface area contributed by atoms with Gasteiger partial charge in [0.25, 0.3) is 0 Å². The van der Waals surface area contributed by atoms with E-state index in [1.54, 1.807) is 12.1 Å². The Hall–Kier alpha value is -2.47. The van der Waals surface area contributed by atoms with E-state index >= 15 is 0 Å². The number of amides is 1. The van der Waals surface area contributed by atoms with Crippen molar-refractivity contribution in [3.05, 3.63) is 59.5 Å². The first-order valence-electron chi connectivity index (χ1n) is 8.42. The molecule has 5 nitrogen and oxygen atoms in total. The fourth-order valence-corrected chi connectivity index (χ4v) is 2.83. The lowest BCUT2D eigenvalue weighted by Gasteiger charge is -2.16. The number of carbonyl (C=O) groups is 1. The van der Waals surface area contributed by atoms with Crippen LogP contribution in [0.5, 0.6) is 5.88 Å². The molecule has 132 valence electrons. The maximum atomic E-state index is 13.1. The average Bonchev–Trinajstić information content (AvgIpc) is 3.01. The van der Waals surface area contributed by atoms with Gasteiger partial charge in [-0.15, -0.1) is 0 Å². The SMILES string of the molecule is Cc1ccc(CNC(=O)CN2CCC(Oc3cccc(F)n3)C2)cc1. The van der Waals surface area contributed by atoms with E-state index < -0.39 is 5.95 Å². The Balaban J connectivity index is 1.41. The van der Waals surface area contributed by atoms with Gasteiger partial charge < -0.3 is 10.1 Å². The number of halogens is 1. The van der Waals surface area contributed by atoms with Gasteiger partial charge >= 0.3 is 0 Å². The van der Waals surface area contributed by atoms with Crippen molar-refractivity contribution in [2.24, 2.45) is 0 Å². The molecule has 1 aromatic heterocycles. The van der Waals surface area contributed by atoms with E-state index in [0.717, 1.165) is 18.5 Å². The molecule has 0 aliphatic carbocycles. The summed E-state index contributed by atoms with van der Waals surface area (Å²) >= 11 is 0. The van der Waals surface area contributed by atoms with Crippen LogP contribution in [0.25, 0.3) is 0 Å². The smallest absolute Gasteiger partial charge is 0.234 e. The van der Waals surface area contributed by atoms with Gasteiger partial charge in [0.1, 0.15) is 6.10 Å². The van der Waals surface area contributed by atoms with Crippen LogP contribution in [0.4, 0.5) is 4.39 Å². The average molecular weight is 343 g/mol. The molecular weight excluding hydrogens is 321 g/mol. The Kier molecular flexibility index (Phi) is 5.60. The lowest BCUT2D eigenvalue weighted by atomic mass is 10.1. The van der Waals surface area contributed by atoms with Crippen LogP contribution in [-0.2, 0) is 11.3 Å². The number of hydrogen-bond donors (Lipinski definition) is 1. The van der Waals surface area contributed by atoms with Crippen LogP contribution in [0.1, 0.15) is 17.5 Å². The fraction of sp³-hybridized carbons (Fsp3) is 0.368. The number of aryl methyl sites for hydroxylation is 1. The quantitative estimate of drug-likeness (QED) is 0.818. The van der Waals surface area contributed by atoms with Crippen LogP contribution in [0.3, 0.4) is 0 Å². The third-order valence-corrected chi connectivity index (χ3v) is 4.18. The molecule has 1 fully saturated rings. The van der Waals surface area contributed by atoms with E-state index in [4.69, 9.17) is 4.74 Å². The Bertz CT molecular complexity index is 721. The number of ether oxygens (including phenoxy) is 1. The number of nitrogens with one attached hydrogen (secondary N) is 1. The van der Waals surface area contributed by atoms with Crippen molar-refractivity contribution in [1.29, 1.82) is 0 Å². The molecule has 1 aliphatic heterocycles.